The molecule has 0 spiro atoms. The maximum absolute atomic E-state index is 10.1. The fourth-order valence-electron chi connectivity index (χ4n) is 1.32. The van der Waals surface area contributed by atoms with Crippen LogP contribution in [0.1, 0.15) is 51.4 Å². The number of hydrogen-bond donors (Lipinski definition) is 6. The van der Waals surface area contributed by atoms with Gasteiger partial charge in [0.25, 0.3) is 0 Å². The summed E-state index contributed by atoms with van der Waals surface area (Å²) in [6, 6.07) is 0. The molecule has 0 fully saturated rings. The Morgan fingerprint density at radius 3 is 1.20 bits per heavy atom. The van der Waals surface area contributed by atoms with Crippen LogP contribution in [0.25, 0.3) is 0 Å². The van der Waals surface area contributed by atoms with Gasteiger partial charge in [-0.2, -0.15) is 0 Å². The van der Waals surface area contributed by atoms with Gasteiger partial charge in [-0.25, -0.2) is 4.79 Å². The van der Waals surface area contributed by atoms with Gasteiger partial charge in [-0.1, -0.05) is 32.3 Å². The molecule has 0 radical (unpaired) electrons. The van der Waals surface area contributed by atoms with Crippen molar-refractivity contribution in [3.63, 3.8) is 0 Å². The van der Waals surface area contributed by atoms with Gasteiger partial charge in [0.15, 0.2) is 0 Å². The lowest BCUT2D eigenvalue weighted by Gasteiger charge is -1.98. The molecule has 0 saturated carbocycles. The van der Waals surface area contributed by atoms with Crippen LogP contribution in [0.5, 0.6) is 0 Å². The third-order valence-corrected chi connectivity index (χ3v) is 2.63. The zero-order valence-corrected chi connectivity index (χ0v) is 14.3. The van der Waals surface area contributed by atoms with Crippen LogP contribution in [0.4, 0.5) is 0 Å². The molecule has 0 aliphatic heterocycles. The number of unbranched alkanes of at least 4 members (excludes halogenated alkanes) is 5. The molecule has 6 N–H and O–H groups in total. The maximum atomic E-state index is 10.1. The van der Waals surface area contributed by atoms with Gasteiger partial charge < -0.3 is 30.6 Å². The van der Waals surface area contributed by atoms with Crippen molar-refractivity contribution in [1.82, 2.24) is 0 Å². The number of carboxylic acid groups (broad SMARTS) is 3. The average Bonchev–Trinajstić information content (AvgIpc) is 2.57. The van der Waals surface area contributed by atoms with E-state index in [2.05, 4.69) is 6.58 Å². The lowest BCUT2D eigenvalue weighted by Crippen LogP contribution is -2.15. The molecule has 0 aliphatic carbocycles. The highest BCUT2D eigenvalue weighted by Crippen LogP contribution is 2.08. The Kier molecular flexibility index (Phi) is 24.5. The highest BCUT2D eigenvalue weighted by Gasteiger charge is 1.98. The second-order valence-corrected chi connectivity index (χ2v) is 4.97. The number of aliphatic hydroxyl groups excluding tert-OH is 3. The molecular formula is C16H30O9. The third-order valence-electron chi connectivity index (χ3n) is 2.63. The molecular weight excluding hydrogens is 336 g/mol. The molecule has 0 atom stereocenters. The smallest absolute Gasteiger partial charge is 0.327 e. The molecule has 0 bridgehead atoms. The van der Waals surface area contributed by atoms with Crippen molar-refractivity contribution < 1.29 is 45.0 Å². The monoisotopic (exact) mass is 366 g/mol. The van der Waals surface area contributed by atoms with Gasteiger partial charge >= 0.3 is 17.9 Å². The van der Waals surface area contributed by atoms with Crippen LogP contribution in [-0.2, 0) is 14.4 Å². The minimum atomic E-state index is -0.981. The summed E-state index contributed by atoms with van der Waals surface area (Å²) in [4.78, 5) is 29.5. The first-order valence-corrected chi connectivity index (χ1v) is 7.89. The molecule has 9 nitrogen and oxygen atoms in total. The summed E-state index contributed by atoms with van der Waals surface area (Å²) in [5.74, 6) is -2.46. The van der Waals surface area contributed by atoms with E-state index in [1.54, 1.807) is 0 Å². The molecule has 0 aromatic rings. The van der Waals surface area contributed by atoms with E-state index >= 15 is 0 Å². The van der Waals surface area contributed by atoms with E-state index in [4.69, 9.17) is 30.6 Å². The highest BCUT2D eigenvalue weighted by atomic mass is 16.4. The van der Waals surface area contributed by atoms with Crippen molar-refractivity contribution in [2.24, 2.45) is 0 Å². The third kappa shape index (κ3) is 39.1. The van der Waals surface area contributed by atoms with Crippen molar-refractivity contribution in [2.75, 3.05) is 13.2 Å². The van der Waals surface area contributed by atoms with Gasteiger partial charge in [0, 0.05) is 18.9 Å². The van der Waals surface area contributed by atoms with Crippen LogP contribution < -0.4 is 0 Å². The van der Waals surface area contributed by atoms with Crippen molar-refractivity contribution >= 4 is 17.9 Å². The van der Waals surface area contributed by atoms with Gasteiger partial charge in [-0.05, 0) is 12.8 Å². The van der Waals surface area contributed by atoms with Gasteiger partial charge in [-0.15, -0.1) is 0 Å². The molecule has 9 heteroatoms. The number of aliphatic carboxylic acids is 3. The molecule has 0 aromatic heterocycles. The zero-order chi connectivity index (χ0) is 20.1. The summed E-state index contributed by atoms with van der Waals surface area (Å²) in [7, 11) is 0. The quantitative estimate of drug-likeness (QED) is 0.216. The molecule has 0 amide bonds. The van der Waals surface area contributed by atoms with Crippen LogP contribution in [0.2, 0.25) is 0 Å². The van der Waals surface area contributed by atoms with Crippen LogP contribution in [0.3, 0.4) is 0 Å². The lowest BCUT2D eigenvalue weighted by atomic mass is 10.1. The minimum Gasteiger partial charge on any atom is -0.481 e. The minimum absolute atomic E-state index is 0.245. The average molecular weight is 366 g/mol. The maximum Gasteiger partial charge on any atom is 0.327 e. The Morgan fingerprint density at radius 2 is 1.04 bits per heavy atom. The van der Waals surface area contributed by atoms with Gasteiger partial charge in [0.05, 0.1) is 13.2 Å². The van der Waals surface area contributed by atoms with Crippen molar-refractivity contribution in [3.8, 4) is 0 Å². The topological polar surface area (TPSA) is 173 Å². The second kappa shape index (κ2) is 22.0. The van der Waals surface area contributed by atoms with E-state index in [9.17, 15) is 14.4 Å². The second-order valence-electron chi connectivity index (χ2n) is 4.97. The largest absolute Gasteiger partial charge is 0.481 e. The standard InChI is InChI=1S/C10H18O4.C3H8O3.C3H4O2/c11-9(12)7-5-3-1-2-4-6-8-10(13)14;4-1-3(6)2-5;1-2-3(4)5/h1-8H2,(H,11,12)(H,13,14);3-6H,1-2H2;2H,1H2,(H,4,5). The van der Waals surface area contributed by atoms with Crippen LogP contribution in [0, 0.1) is 0 Å². The molecule has 0 aromatic carbocycles. The summed E-state index contributed by atoms with van der Waals surface area (Å²) in [6.45, 7) is 2.23. The fraction of sp³-hybridized carbons (Fsp3) is 0.688. The Labute approximate surface area is 147 Å². The van der Waals surface area contributed by atoms with Gasteiger partial charge in [0.2, 0.25) is 0 Å². The van der Waals surface area contributed by atoms with Crippen LogP contribution in [0.15, 0.2) is 12.7 Å². The highest BCUT2D eigenvalue weighted by molar-refractivity contribution is 5.78. The predicted octanol–water partition coefficient (Wildman–Crippen LogP) is 0.865. The van der Waals surface area contributed by atoms with E-state index in [-0.39, 0.29) is 26.1 Å². The summed E-state index contributed by atoms with van der Waals surface area (Å²) in [5, 5.41) is 48.3. The summed E-state index contributed by atoms with van der Waals surface area (Å²) >= 11 is 0. The number of hydrogen-bond acceptors (Lipinski definition) is 6. The molecule has 148 valence electrons. The Balaban J connectivity index is -0.000000362. The van der Waals surface area contributed by atoms with E-state index < -0.39 is 24.0 Å². The SMILES string of the molecule is C=CC(=O)O.O=C(O)CCCCCCCCC(=O)O.OCC(O)CO. The normalized spacial score (nSPS) is 9.28. The Bertz CT molecular complexity index is 332. The Hall–Kier alpha value is -1.97. The summed E-state index contributed by atoms with van der Waals surface area (Å²) in [5.41, 5.74) is 0. The van der Waals surface area contributed by atoms with E-state index in [1.165, 1.54) is 0 Å². The van der Waals surface area contributed by atoms with Gasteiger partial charge in [-0.3, -0.25) is 9.59 Å². The summed E-state index contributed by atoms with van der Waals surface area (Å²) < 4.78 is 0. The van der Waals surface area contributed by atoms with E-state index in [0.29, 0.717) is 0 Å². The number of carbonyl (C=O) groups is 3. The van der Waals surface area contributed by atoms with Crippen molar-refractivity contribution in [1.29, 1.82) is 0 Å². The molecule has 25 heavy (non-hydrogen) atoms. The number of carboxylic acids is 3. The predicted molar refractivity (Wildman–Crippen MR) is 90.2 cm³/mol. The Morgan fingerprint density at radius 1 is 0.760 bits per heavy atom. The van der Waals surface area contributed by atoms with Crippen molar-refractivity contribution in [3.05, 3.63) is 12.7 Å². The van der Waals surface area contributed by atoms with Crippen LogP contribution >= 0.6 is 0 Å². The van der Waals surface area contributed by atoms with Crippen LogP contribution in [-0.4, -0.2) is 67.9 Å². The first-order chi connectivity index (χ1) is 11.7. The molecule has 0 aliphatic rings. The number of rotatable bonds is 12. The molecule has 0 heterocycles. The number of aliphatic hydroxyl groups is 3. The van der Waals surface area contributed by atoms with E-state index in [1.807, 2.05) is 0 Å². The van der Waals surface area contributed by atoms with Crippen molar-refractivity contribution in [2.45, 2.75) is 57.5 Å². The molecule has 0 rings (SSSR count). The van der Waals surface area contributed by atoms with E-state index in [0.717, 1.165) is 44.6 Å². The van der Waals surface area contributed by atoms with Gasteiger partial charge in [0.1, 0.15) is 6.10 Å². The first-order valence-electron chi connectivity index (χ1n) is 7.89. The summed E-state index contributed by atoms with van der Waals surface area (Å²) in [6.07, 6.45) is 5.70. The first kappa shape index (κ1) is 27.9. The fourth-order valence-corrected chi connectivity index (χ4v) is 1.32. The zero-order valence-electron chi connectivity index (χ0n) is 14.3. The molecule has 0 unspecified atom stereocenters. The lowest BCUT2D eigenvalue weighted by molar-refractivity contribution is -0.138. The molecule has 0 saturated heterocycles.